The Morgan fingerprint density at radius 2 is 2.11 bits per heavy atom. The van der Waals surface area contributed by atoms with Crippen LogP contribution in [-0.4, -0.2) is 64.3 Å². The molecule has 1 aliphatic heterocycles. The van der Waals surface area contributed by atoms with Crippen LogP contribution in [0, 0.1) is 5.92 Å². The van der Waals surface area contributed by atoms with Gasteiger partial charge in [0, 0.05) is 26.2 Å². The summed E-state index contributed by atoms with van der Waals surface area (Å²) in [6.45, 7) is 4.40. The molecule has 0 spiro atoms. The molecule has 2 amide bonds. The molecule has 0 aromatic heterocycles. The minimum Gasteiger partial charge on any atom is -0.481 e. The Bertz CT molecular complexity index is 319. The van der Waals surface area contributed by atoms with Crippen LogP contribution in [0.25, 0.3) is 0 Å². The van der Waals surface area contributed by atoms with Gasteiger partial charge in [-0.05, 0) is 26.7 Å². The second-order valence-electron chi connectivity index (χ2n) is 5.01. The number of nitrogens with zero attached hydrogens (tertiary/aromatic N) is 2. The van der Waals surface area contributed by atoms with Crippen LogP contribution < -0.4 is 0 Å². The quantitative estimate of drug-likeness (QED) is 0.774. The Morgan fingerprint density at radius 1 is 1.50 bits per heavy atom. The lowest BCUT2D eigenvalue weighted by Gasteiger charge is -2.29. The van der Waals surface area contributed by atoms with Crippen LogP contribution in [0.15, 0.2) is 0 Å². The third kappa shape index (κ3) is 3.35. The van der Waals surface area contributed by atoms with Crippen molar-refractivity contribution in [2.24, 2.45) is 5.92 Å². The molecule has 1 fully saturated rings. The van der Waals surface area contributed by atoms with Gasteiger partial charge in [0.1, 0.15) is 0 Å². The molecule has 1 rings (SSSR count). The maximum absolute atomic E-state index is 12.1. The van der Waals surface area contributed by atoms with Crippen molar-refractivity contribution in [2.45, 2.75) is 38.8 Å². The lowest BCUT2D eigenvalue weighted by Crippen LogP contribution is -2.45. The van der Waals surface area contributed by atoms with Crippen molar-refractivity contribution in [1.82, 2.24) is 9.80 Å². The van der Waals surface area contributed by atoms with Gasteiger partial charge in [0.2, 0.25) is 0 Å². The number of aliphatic carboxylic acids is 1. The fourth-order valence-electron chi connectivity index (χ4n) is 2.24. The van der Waals surface area contributed by atoms with Crippen molar-refractivity contribution in [3.63, 3.8) is 0 Å². The third-order valence-electron chi connectivity index (χ3n) is 3.53. The number of carboxylic acid groups (broad SMARTS) is 1. The molecule has 0 saturated carbocycles. The fraction of sp³-hybridized carbons (Fsp3) is 0.833. The van der Waals surface area contributed by atoms with E-state index in [4.69, 9.17) is 5.11 Å². The van der Waals surface area contributed by atoms with Gasteiger partial charge in [-0.3, -0.25) is 4.79 Å². The topological polar surface area (TPSA) is 81.1 Å². The van der Waals surface area contributed by atoms with Gasteiger partial charge in [-0.25, -0.2) is 4.79 Å². The molecule has 0 aromatic rings. The molecule has 6 nitrogen and oxygen atoms in total. The number of aliphatic hydroxyl groups excluding tert-OH is 1. The first kappa shape index (κ1) is 14.8. The zero-order chi connectivity index (χ0) is 13.9. The first-order valence-electron chi connectivity index (χ1n) is 6.27. The Morgan fingerprint density at radius 3 is 2.56 bits per heavy atom. The minimum atomic E-state index is -0.843. The largest absolute Gasteiger partial charge is 0.481 e. The van der Waals surface area contributed by atoms with Crippen molar-refractivity contribution in [1.29, 1.82) is 0 Å². The summed E-state index contributed by atoms with van der Waals surface area (Å²) in [7, 11) is 1.67. The molecule has 18 heavy (non-hydrogen) atoms. The molecule has 0 aliphatic carbocycles. The average molecular weight is 258 g/mol. The van der Waals surface area contributed by atoms with Gasteiger partial charge in [0.15, 0.2) is 0 Å². The Labute approximate surface area is 107 Å². The Kier molecular flexibility index (Phi) is 4.95. The van der Waals surface area contributed by atoms with E-state index in [-0.39, 0.29) is 12.1 Å². The van der Waals surface area contributed by atoms with E-state index in [1.807, 2.05) is 0 Å². The van der Waals surface area contributed by atoms with Crippen LogP contribution in [0.1, 0.15) is 26.7 Å². The summed E-state index contributed by atoms with van der Waals surface area (Å²) in [6, 6.07) is -0.434. The van der Waals surface area contributed by atoms with E-state index in [0.29, 0.717) is 25.9 Å². The van der Waals surface area contributed by atoms with E-state index in [1.165, 1.54) is 4.90 Å². The van der Waals surface area contributed by atoms with Crippen LogP contribution in [0.2, 0.25) is 0 Å². The molecule has 0 bridgehead atoms. The van der Waals surface area contributed by atoms with Gasteiger partial charge in [-0.15, -0.1) is 0 Å². The van der Waals surface area contributed by atoms with Gasteiger partial charge >= 0.3 is 12.0 Å². The predicted molar refractivity (Wildman–Crippen MR) is 66.2 cm³/mol. The highest BCUT2D eigenvalue weighted by molar-refractivity contribution is 5.78. The summed E-state index contributed by atoms with van der Waals surface area (Å²) in [4.78, 5) is 26.2. The van der Waals surface area contributed by atoms with Gasteiger partial charge < -0.3 is 20.0 Å². The SMILES string of the molecule is CC(O)CCN(C)C(=O)N1CCC(C(=O)O)C1C. The van der Waals surface area contributed by atoms with Crippen molar-refractivity contribution >= 4 is 12.0 Å². The summed E-state index contributed by atoms with van der Waals surface area (Å²) in [5.41, 5.74) is 0. The summed E-state index contributed by atoms with van der Waals surface area (Å²) in [5, 5.41) is 18.2. The van der Waals surface area contributed by atoms with E-state index in [2.05, 4.69) is 0 Å². The van der Waals surface area contributed by atoms with Crippen LogP contribution in [0.5, 0.6) is 0 Å². The van der Waals surface area contributed by atoms with Crippen molar-refractivity contribution in [3.05, 3.63) is 0 Å². The zero-order valence-corrected chi connectivity index (χ0v) is 11.2. The maximum Gasteiger partial charge on any atom is 0.320 e. The number of hydrogen-bond donors (Lipinski definition) is 2. The highest BCUT2D eigenvalue weighted by Gasteiger charge is 2.38. The molecule has 0 aromatic carbocycles. The standard InChI is InChI=1S/C12H22N2O4/c1-8(15)4-6-13(3)12(18)14-7-5-10(9(14)2)11(16)17/h8-10,15H,4-7H2,1-3H3,(H,16,17). The van der Waals surface area contributed by atoms with Crippen LogP contribution >= 0.6 is 0 Å². The van der Waals surface area contributed by atoms with Gasteiger partial charge in [0.25, 0.3) is 0 Å². The number of hydrogen-bond acceptors (Lipinski definition) is 3. The van der Waals surface area contributed by atoms with E-state index in [0.717, 1.165) is 0 Å². The Balaban J connectivity index is 2.55. The fourth-order valence-corrected chi connectivity index (χ4v) is 2.24. The van der Waals surface area contributed by atoms with Crippen molar-refractivity contribution in [2.75, 3.05) is 20.1 Å². The van der Waals surface area contributed by atoms with Crippen molar-refractivity contribution < 1.29 is 19.8 Å². The van der Waals surface area contributed by atoms with Gasteiger partial charge in [-0.1, -0.05) is 0 Å². The van der Waals surface area contributed by atoms with Crippen LogP contribution in [-0.2, 0) is 4.79 Å². The molecule has 1 aliphatic rings. The minimum absolute atomic E-state index is 0.160. The smallest absolute Gasteiger partial charge is 0.320 e. The number of rotatable bonds is 4. The molecule has 1 saturated heterocycles. The molecule has 2 N–H and O–H groups in total. The van der Waals surface area contributed by atoms with Gasteiger partial charge in [-0.2, -0.15) is 0 Å². The van der Waals surface area contributed by atoms with Crippen molar-refractivity contribution in [3.8, 4) is 0 Å². The van der Waals surface area contributed by atoms with E-state index in [9.17, 15) is 14.7 Å². The lowest BCUT2D eigenvalue weighted by molar-refractivity contribution is -0.142. The second kappa shape index (κ2) is 6.04. The summed E-state index contributed by atoms with van der Waals surface area (Å²) in [6.07, 6.45) is 0.585. The number of carboxylic acids is 1. The van der Waals surface area contributed by atoms with E-state index < -0.39 is 18.0 Å². The number of amides is 2. The van der Waals surface area contributed by atoms with E-state index >= 15 is 0 Å². The molecule has 1 heterocycles. The number of carbonyl (C=O) groups is 2. The Hall–Kier alpha value is -1.30. The predicted octanol–water partition coefficient (Wildman–Crippen LogP) is 0.604. The maximum atomic E-state index is 12.1. The molecule has 6 heteroatoms. The number of likely N-dealkylation sites (tertiary alicyclic amines) is 1. The molecule has 104 valence electrons. The van der Waals surface area contributed by atoms with Gasteiger partial charge in [0.05, 0.1) is 12.0 Å². The monoisotopic (exact) mass is 258 g/mol. The molecular formula is C12H22N2O4. The third-order valence-corrected chi connectivity index (χ3v) is 3.53. The zero-order valence-electron chi connectivity index (χ0n) is 11.2. The molecule has 3 unspecified atom stereocenters. The highest BCUT2D eigenvalue weighted by Crippen LogP contribution is 2.25. The molecule has 3 atom stereocenters. The van der Waals surface area contributed by atoms with Crippen LogP contribution in [0.3, 0.4) is 0 Å². The molecular weight excluding hydrogens is 236 g/mol. The van der Waals surface area contributed by atoms with Crippen LogP contribution in [0.4, 0.5) is 4.79 Å². The summed E-state index contributed by atoms with van der Waals surface area (Å²) >= 11 is 0. The summed E-state index contributed by atoms with van der Waals surface area (Å²) in [5.74, 6) is -1.32. The first-order chi connectivity index (χ1) is 8.34. The summed E-state index contributed by atoms with van der Waals surface area (Å²) < 4.78 is 0. The average Bonchev–Trinajstić information content (AvgIpc) is 2.66. The number of aliphatic hydroxyl groups is 1. The second-order valence-corrected chi connectivity index (χ2v) is 5.01. The normalized spacial score (nSPS) is 25.0. The van der Waals surface area contributed by atoms with E-state index in [1.54, 1.807) is 25.8 Å². The lowest BCUT2D eigenvalue weighted by atomic mass is 10.0. The number of carbonyl (C=O) groups excluding carboxylic acids is 1. The molecule has 0 radical (unpaired) electrons. The highest BCUT2D eigenvalue weighted by atomic mass is 16.4. The first-order valence-corrected chi connectivity index (χ1v) is 6.27. The number of urea groups is 1.